The van der Waals surface area contributed by atoms with E-state index in [0.29, 0.717) is 6.04 Å². The minimum atomic E-state index is 0.380. The molecule has 1 aromatic carbocycles. The summed E-state index contributed by atoms with van der Waals surface area (Å²) in [6, 6.07) is 7.07. The van der Waals surface area contributed by atoms with Gasteiger partial charge in [-0.25, -0.2) is 0 Å². The van der Waals surface area contributed by atoms with Crippen LogP contribution in [0.15, 0.2) is 42.8 Å². The average Bonchev–Trinajstić information content (AvgIpc) is 2.39. The number of allylic oxidation sites excluding steroid dienone is 2. The van der Waals surface area contributed by atoms with Gasteiger partial charge in [0.2, 0.25) is 0 Å². The third kappa shape index (κ3) is 1.86. The number of nitrogens with one attached hydrogen (secondary N) is 2. The molecule has 2 aliphatic heterocycles. The normalized spacial score (nSPS) is 21.2. The second kappa shape index (κ2) is 4.13. The predicted molar refractivity (Wildman–Crippen MR) is 72.0 cm³/mol. The number of benzene rings is 1. The Morgan fingerprint density at radius 2 is 2.18 bits per heavy atom. The first-order valence-corrected chi connectivity index (χ1v) is 6.00. The van der Waals surface area contributed by atoms with Crippen LogP contribution in [-0.4, -0.2) is 6.04 Å². The van der Waals surface area contributed by atoms with Crippen molar-refractivity contribution in [3.8, 4) is 0 Å². The molecule has 0 bridgehead atoms. The van der Waals surface area contributed by atoms with E-state index < -0.39 is 0 Å². The molecule has 0 fully saturated rings. The SMILES string of the molecule is CC1NC=CC=C1c1ccc2c(c1)CNC=C2. The number of fused-ring (bicyclic) bond motifs is 1. The van der Waals surface area contributed by atoms with Crippen LogP contribution in [-0.2, 0) is 6.54 Å². The lowest BCUT2D eigenvalue weighted by molar-refractivity contribution is 0.778. The van der Waals surface area contributed by atoms with Crippen molar-refractivity contribution in [2.24, 2.45) is 0 Å². The first-order valence-electron chi connectivity index (χ1n) is 6.00. The van der Waals surface area contributed by atoms with Crippen LogP contribution >= 0.6 is 0 Å². The van der Waals surface area contributed by atoms with E-state index in [0.717, 1.165) is 6.54 Å². The molecule has 0 amide bonds. The van der Waals surface area contributed by atoms with Crippen molar-refractivity contribution in [1.82, 2.24) is 10.6 Å². The molecule has 2 nitrogen and oxygen atoms in total. The van der Waals surface area contributed by atoms with E-state index in [1.165, 1.54) is 22.3 Å². The van der Waals surface area contributed by atoms with Gasteiger partial charge >= 0.3 is 0 Å². The van der Waals surface area contributed by atoms with Crippen molar-refractivity contribution >= 4 is 11.6 Å². The standard InChI is InChI=1S/C15H16N2/c1-11-15(3-2-7-17-11)13-5-4-12-6-8-16-10-14(12)9-13/h2-9,11,16-17H,10H2,1H3. The molecule has 1 aromatic rings. The van der Waals surface area contributed by atoms with Crippen molar-refractivity contribution in [3.63, 3.8) is 0 Å². The summed E-state index contributed by atoms with van der Waals surface area (Å²) in [6.07, 6.45) is 10.4. The highest BCUT2D eigenvalue weighted by atomic mass is 14.9. The summed E-state index contributed by atoms with van der Waals surface area (Å²) in [5.74, 6) is 0. The monoisotopic (exact) mass is 224 g/mol. The van der Waals surface area contributed by atoms with Crippen molar-refractivity contribution in [2.75, 3.05) is 0 Å². The first kappa shape index (κ1) is 10.2. The van der Waals surface area contributed by atoms with E-state index in [1.54, 1.807) is 0 Å². The Labute approximate surface area is 102 Å². The molecule has 0 saturated heterocycles. The third-order valence-corrected chi connectivity index (χ3v) is 3.33. The van der Waals surface area contributed by atoms with Gasteiger partial charge < -0.3 is 10.6 Å². The van der Waals surface area contributed by atoms with Crippen molar-refractivity contribution in [1.29, 1.82) is 0 Å². The lowest BCUT2D eigenvalue weighted by atomic mass is 9.93. The summed E-state index contributed by atoms with van der Waals surface area (Å²) in [5.41, 5.74) is 5.35. The Kier molecular flexibility index (Phi) is 2.48. The fraction of sp³-hybridized carbons (Fsp3) is 0.200. The van der Waals surface area contributed by atoms with E-state index >= 15 is 0 Å². The Morgan fingerprint density at radius 1 is 1.24 bits per heavy atom. The quantitative estimate of drug-likeness (QED) is 0.766. The van der Waals surface area contributed by atoms with Gasteiger partial charge in [-0.1, -0.05) is 18.2 Å². The topological polar surface area (TPSA) is 24.1 Å². The molecule has 2 aliphatic rings. The average molecular weight is 224 g/mol. The summed E-state index contributed by atoms with van der Waals surface area (Å²) in [7, 11) is 0. The molecule has 1 atom stereocenters. The number of hydrogen-bond donors (Lipinski definition) is 2. The molecule has 2 N–H and O–H groups in total. The first-order chi connectivity index (χ1) is 8.34. The molecule has 0 aromatic heterocycles. The Hall–Kier alpha value is -1.96. The molecule has 17 heavy (non-hydrogen) atoms. The van der Waals surface area contributed by atoms with Crippen LogP contribution in [0.5, 0.6) is 0 Å². The highest BCUT2D eigenvalue weighted by Gasteiger charge is 2.13. The number of rotatable bonds is 1. The van der Waals surface area contributed by atoms with Crippen LogP contribution in [0, 0.1) is 0 Å². The zero-order valence-electron chi connectivity index (χ0n) is 9.90. The summed E-state index contributed by atoms with van der Waals surface area (Å²) in [4.78, 5) is 0. The van der Waals surface area contributed by atoms with Crippen LogP contribution in [0.1, 0.15) is 23.6 Å². The molecule has 86 valence electrons. The summed E-state index contributed by atoms with van der Waals surface area (Å²) < 4.78 is 0. The van der Waals surface area contributed by atoms with Crippen molar-refractivity contribution in [3.05, 3.63) is 59.4 Å². The van der Waals surface area contributed by atoms with Gasteiger partial charge in [0.1, 0.15) is 0 Å². The number of dihydropyridines is 1. The zero-order chi connectivity index (χ0) is 11.7. The zero-order valence-corrected chi connectivity index (χ0v) is 9.90. The Balaban J connectivity index is 2.01. The van der Waals surface area contributed by atoms with Gasteiger partial charge in [0.15, 0.2) is 0 Å². The van der Waals surface area contributed by atoms with Gasteiger partial charge in [-0.3, -0.25) is 0 Å². The second-order valence-electron chi connectivity index (χ2n) is 4.50. The molecule has 2 heterocycles. The maximum absolute atomic E-state index is 3.33. The molecule has 0 radical (unpaired) electrons. The Bertz CT molecular complexity index is 524. The van der Waals surface area contributed by atoms with Crippen LogP contribution in [0.25, 0.3) is 11.6 Å². The molecule has 0 aliphatic carbocycles. The molecule has 0 saturated carbocycles. The van der Waals surface area contributed by atoms with Gasteiger partial charge in [-0.15, -0.1) is 0 Å². The van der Waals surface area contributed by atoms with Crippen molar-refractivity contribution < 1.29 is 0 Å². The second-order valence-corrected chi connectivity index (χ2v) is 4.50. The minimum Gasteiger partial charge on any atom is -0.387 e. The molecule has 1 unspecified atom stereocenters. The molecule has 0 spiro atoms. The van der Waals surface area contributed by atoms with Crippen LogP contribution in [0.2, 0.25) is 0 Å². The molecule has 2 heteroatoms. The Morgan fingerprint density at radius 3 is 3.06 bits per heavy atom. The van der Waals surface area contributed by atoms with Crippen LogP contribution < -0.4 is 10.6 Å². The highest BCUT2D eigenvalue weighted by molar-refractivity contribution is 5.74. The third-order valence-electron chi connectivity index (χ3n) is 3.33. The van der Waals surface area contributed by atoms with Gasteiger partial charge in [0.25, 0.3) is 0 Å². The fourth-order valence-corrected chi connectivity index (χ4v) is 2.35. The van der Waals surface area contributed by atoms with Gasteiger partial charge in [-0.2, -0.15) is 0 Å². The maximum atomic E-state index is 3.33. The number of hydrogen-bond acceptors (Lipinski definition) is 2. The highest BCUT2D eigenvalue weighted by Crippen LogP contribution is 2.25. The summed E-state index contributed by atoms with van der Waals surface area (Å²) in [6.45, 7) is 3.11. The van der Waals surface area contributed by atoms with Crippen molar-refractivity contribution in [2.45, 2.75) is 19.5 Å². The lowest BCUT2D eigenvalue weighted by Crippen LogP contribution is -2.24. The van der Waals surface area contributed by atoms with E-state index in [4.69, 9.17) is 0 Å². The molecular weight excluding hydrogens is 208 g/mol. The smallest absolute Gasteiger partial charge is 0.0486 e. The van der Waals surface area contributed by atoms with Crippen LogP contribution in [0.4, 0.5) is 0 Å². The predicted octanol–water partition coefficient (Wildman–Crippen LogP) is 2.65. The lowest BCUT2D eigenvalue weighted by Gasteiger charge is -2.21. The van der Waals surface area contributed by atoms with E-state index in [9.17, 15) is 0 Å². The van der Waals surface area contributed by atoms with Crippen LogP contribution in [0.3, 0.4) is 0 Å². The minimum absolute atomic E-state index is 0.380. The summed E-state index contributed by atoms with van der Waals surface area (Å²) >= 11 is 0. The van der Waals surface area contributed by atoms with Gasteiger partial charge in [-0.05, 0) is 59.8 Å². The van der Waals surface area contributed by atoms with E-state index in [1.807, 2.05) is 12.4 Å². The molecule has 3 rings (SSSR count). The van der Waals surface area contributed by atoms with Gasteiger partial charge in [0, 0.05) is 12.6 Å². The van der Waals surface area contributed by atoms with Gasteiger partial charge in [0.05, 0.1) is 0 Å². The fourth-order valence-electron chi connectivity index (χ4n) is 2.35. The van der Waals surface area contributed by atoms with E-state index in [-0.39, 0.29) is 0 Å². The van der Waals surface area contributed by atoms with E-state index in [2.05, 4.69) is 54.0 Å². The maximum Gasteiger partial charge on any atom is 0.0486 e. The largest absolute Gasteiger partial charge is 0.387 e. The molecular formula is C15H16N2. The summed E-state index contributed by atoms with van der Waals surface area (Å²) in [5, 5.41) is 6.58.